The molecule has 8 heavy (non-hydrogen) atoms. The van der Waals surface area contributed by atoms with Gasteiger partial charge in [0.2, 0.25) is 0 Å². The second kappa shape index (κ2) is 4.99. The van der Waals surface area contributed by atoms with Crippen molar-refractivity contribution >= 4 is 38.7 Å². The lowest BCUT2D eigenvalue weighted by Crippen LogP contribution is -2.21. The molecule has 0 unspecified atom stereocenters. The van der Waals surface area contributed by atoms with Crippen LogP contribution in [0.15, 0.2) is 0 Å². The van der Waals surface area contributed by atoms with E-state index in [9.17, 15) is 0 Å². The standard InChI is InChI=1S/C5H11BrIN/c1-5(2)8(6)4-3-7/h5H,3-4H2,1-2H3. The molecule has 0 aliphatic rings. The first kappa shape index (κ1) is 9.17. The van der Waals surface area contributed by atoms with Crippen molar-refractivity contribution in [3.8, 4) is 0 Å². The fourth-order valence-corrected chi connectivity index (χ4v) is 1.70. The van der Waals surface area contributed by atoms with E-state index in [4.69, 9.17) is 0 Å². The van der Waals surface area contributed by atoms with Crippen molar-refractivity contribution in [3.63, 3.8) is 0 Å². The van der Waals surface area contributed by atoms with Crippen LogP contribution in [0.1, 0.15) is 13.8 Å². The molecule has 0 aliphatic heterocycles. The van der Waals surface area contributed by atoms with E-state index in [0.29, 0.717) is 6.04 Å². The van der Waals surface area contributed by atoms with Gasteiger partial charge in [-0.3, -0.25) is 0 Å². The SMILES string of the molecule is CC(C)N(Br)CCI. The zero-order chi connectivity index (χ0) is 6.57. The normalized spacial score (nSPS) is 11.2. The molecule has 0 saturated carbocycles. The Bertz CT molecular complexity index is 58.4. The summed E-state index contributed by atoms with van der Waals surface area (Å²) in [6.07, 6.45) is 0. The van der Waals surface area contributed by atoms with E-state index in [2.05, 4.69) is 56.5 Å². The highest BCUT2D eigenvalue weighted by Crippen LogP contribution is 2.04. The second-order valence-corrected chi connectivity index (χ2v) is 3.90. The van der Waals surface area contributed by atoms with E-state index in [1.165, 1.54) is 4.43 Å². The molecule has 0 fully saturated rings. The lowest BCUT2D eigenvalue weighted by Gasteiger charge is -2.15. The van der Waals surface area contributed by atoms with Crippen LogP contribution in [0.3, 0.4) is 0 Å². The predicted octanol–water partition coefficient (Wildman–Crippen LogP) is 2.44. The smallest absolute Gasteiger partial charge is 0.0185 e. The van der Waals surface area contributed by atoms with E-state index in [-0.39, 0.29) is 0 Å². The lowest BCUT2D eigenvalue weighted by molar-refractivity contribution is 0.436. The molecular formula is C5H11BrIN. The molecule has 0 saturated heterocycles. The van der Waals surface area contributed by atoms with Gasteiger partial charge in [-0.25, -0.2) is 3.93 Å². The number of rotatable bonds is 3. The molecule has 0 aromatic rings. The van der Waals surface area contributed by atoms with Crippen molar-refractivity contribution in [2.24, 2.45) is 0 Å². The van der Waals surface area contributed by atoms with E-state index >= 15 is 0 Å². The summed E-state index contributed by atoms with van der Waals surface area (Å²) in [6.45, 7) is 5.46. The Morgan fingerprint density at radius 3 is 2.25 bits per heavy atom. The molecule has 0 radical (unpaired) electrons. The third-order valence-corrected chi connectivity index (χ3v) is 2.51. The van der Waals surface area contributed by atoms with E-state index in [1.807, 2.05) is 0 Å². The highest BCUT2D eigenvalue weighted by Gasteiger charge is 2.01. The van der Waals surface area contributed by atoms with Gasteiger partial charge >= 0.3 is 0 Å². The Labute approximate surface area is 73.3 Å². The van der Waals surface area contributed by atoms with Gasteiger partial charge in [0.25, 0.3) is 0 Å². The molecule has 3 heteroatoms. The Morgan fingerprint density at radius 2 is 2.12 bits per heavy atom. The van der Waals surface area contributed by atoms with E-state index < -0.39 is 0 Å². The van der Waals surface area contributed by atoms with Gasteiger partial charge in [-0.05, 0) is 13.8 Å². The first-order valence-corrected chi connectivity index (χ1v) is 4.90. The maximum absolute atomic E-state index is 3.43. The molecule has 0 aromatic heterocycles. The van der Waals surface area contributed by atoms with Crippen LogP contribution in [0.25, 0.3) is 0 Å². The maximum atomic E-state index is 3.43. The zero-order valence-electron chi connectivity index (χ0n) is 5.19. The fourth-order valence-electron chi connectivity index (χ4n) is 0.339. The van der Waals surface area contributed by atoms with Crippen molar-refractivity contribution in [1.82, 2.24) is 3.93 Å². The summed E-state index contributed by atoms with van der Waals surface area (Å²) in [5.74, 6) is 0. The first-order valence-electron chi connectivity index (χ1n) is 2.67. The van der Waals surface area contributed by atoms with E-state index in [0.717, 1.165) is 6.54 Å². The quantitative estimate of drug-likeness (QED) is 0.439. The fraction of sp³-hybridized carbons (Fsp3) is 1.00. The third kappa shape index (κ3) is 4.09. The first-order chi connectivity index (χ1) is 3.68. The molecule has 0 bridgehead atoms. The number of hydrogen-bond acceptors (Lipinski definition) is 1. The number of halogens is 2. The monoisotopic (exact) mass is 291 g/mol. The van der Waals surface area contributed by atoms with Gasteiger partial charge in [0, 0.05) is 33.2 Å². The Kier molecular flexibility index (Phi) is 5.73. The highest BCUT2D eigenvalue weighted by atomic mass is 127. The molecule has 50 valence electrons. The summed E-state index contributed by atoms with van der Waals surface area (Å²) in [4.78, 5) is 0. The van der Waals surface area contributed by atoms with Crippen LogP contribution in [0.4, 0.5) is 0 Å². The molecule has 0 rings (SSSR count). The molecule has 0 heterocycles. The Morgan fingerprint density at radius 1 is 1.62 bits per heavy atom. The second-order valence-electron chi connectivity index (χ2n) is 1.91. The van der Waals surface area contributed by atoms with Crippen LogP contribution in [0.5, 0.6) is 0 Å². The molecule has 0 amide bonds. The van der Waals surface area contributed by atoms with Crippen LogP contribution >= 0.6 is 38.7 Å². The van der Waals surface area contributed by atoms with Crippen molar-refractivity contribution in [2.75, 3.05) is 11.0 Å². The molecule has 0 aromatic carbocycles. The minimum Gasteiger partial charge on any atom is -0.239 e. The van der Waals surface area contributed by atoms with Gasteiger partial charge in [-0.15, -0.1) is 0 Å². The summed E-state index contributed by atoms with van der Waals surface area (Å²) in [5.41, 5.74) is 0. The zero-order valence-corrected chi connectivity index (χ0v) is 8.94. The van der Waals surface area contributed by atoms with Gasteiger partial charge < -0.3 is 0 Å². The topological polar surface area (TPSA) is 3.24 Å². The van der Waals surface area contributed by atoms with Gasteiger partial charge in [-0.2, -0.15) is 0 Å². The minimum atomic E-state index is 0.616. The van der Waals surface area contributed by atoms with Crippen molar-refractivity contribution < 1.29 is 0 Å². The summed E-state index contributed by atoms with van der Waals surface area (Å²) in [5, 5.41) is 0. The maximum Gasteiger partial charge on any atom is 0.0185 e. The minimum absolute atomic E-state index is 0.616. The highest BCUT2D eigenvalue weighted by molar-refractivity contribution is 14.1. The molecule has 1 nitrogen and oxygen atoms in total. The van der Waals surface area contributed by atoms with E-state index in [1.54, 1.807) is 0 Å². The summed E-state index contributed by atoms with van der Waals surface area (Å²) < 4.78 is 3.33. The molecule has 0 atom stereocenters. The van der Waals surface area contributed by atoms with Crippen molar-refractivity contribution in [1.29, 1.82) is 0 Å². The summed E-state index contributed by atoms with van der Waals surface area (Å²) in [6, 6.07) is 0.616. The Hall–Kier alpha value is 1.17. The van der Waals surface area contributed by atoms with Crippen LogP contribution in [0, 0.1) is 0 Å². The van der Waals surface area contributed by atoms with Crippen LogP contribution in [-0.4, -0.2) is 20.9 Å². The summed E-state index contributed by atoms with van der Waals surface area (Å²) >= 11 is 5.80. The lowest BCUT2D eigenvalue weighted by atomic mass is 10.4. The molecule has 0 spiro atoms. The van der Waals surface area contributed by atoms with Crippen molar-refractivity contribution in [3.05, 3.63) is 0 Å². The number of alkyl halides is 1. The van der Waals surface area contributed by atoms with Crippen LogP contribution in [0.2, 0.25) is 0 Å². The average molecular weight is 292 g/mol. The molecular weight excluding hydrogens is 281 g/mol. The number of nitrogens with zero attached hydrogens (tertiary/aromatic N) is 1. The largest absolute Gasteiger partial charge is 0.239 e. The van der Waals surface area contributed by atoms with Gasteiger partial charge in [-0.1, -0.05) is 22.6 Å². The van der Waals surface area contributed by atoms with Gasteiger partial charge in [0.15, 0.2) is 0 Å². The van der Waals surface area contributed by atoms with Crippen LogP contribution in [-0.2, 0) is 0 Å². The summed E-state index contributed by atoms with van der Waals surface area (Å²) in [7, 11) is 0. The number of hydrogen-bond donors (Lipinski definition) is 0. The van der Waals surface area contributed by atoms with Crippen LogP contribution < -0.4 is 0 Å². The predicted molar refractivity (Wildman–Crippen MR) is 49.7 cm³/mol. The molecule has 0 N–H and O–H groups in total. The molecule has 0 aliphatic carbocycles. The van der Waals surface area contributed by atoms with Gasteiger partial charge in [0.1, 0.15) is 0 Å². The Balaban J connectivity index is 3.17. The van der Waals surface area contributed by atoms with Crippen molar-refractivity contribution in [2.45, 2.75) is 19.9 Å². The van der Waals surface area contributed by atoms with Gasteiger partial charge in [0.05, 0.1) is 0 Å². The average Bonchev–Trinajstić information content (AvgIpc) is 1.67. The third-order valence-electron chi connectivity index (χ3n) is 0.858.